The van der Waals surface area contributed by atoms with Crippen molar-refractivity contribution in [1.29, 1.82) is 0 Å². The number of carbonyl (C=O) groups excluding carboxylic acids is 3. The number of ether oxygens (including phenoxy) is 1. The number of rotatable bonds is 6. The van der Waals surface area contributed by atoms with Gasteiger partial charge in [0.2, 0.25) is 0 Å². The quantitative estimate of drug-likeness (QED) is 0.760. The maximum atomic E-state index is 12.7. The van der Waals surface area contributed by atoms with E-state index in [0.29, 0.717) is 18.7 Å². The molecule has 1 aliphatic rings. The van der Waals surface area contributed by atoms with Crippen molar-refractivity contribution in [3.63, 3.8) is 0 Å². The van der Waals surface area contributed by atoms with E-state index in [1.807, 2.05) is 32.9 Å². The molecule has 154 valence electrons. The maximum Gasteiger partial charge on any atom is 0.329 e. The molecule has 2 atom stereocenters. The van der Waals surface area contributed by atoms with E-state index in [9.17, 15) is 14.4 Å². The van der Waals surface area contributed by atoms with Crippen LogP contribution in [0.2, 0.25) is 0 Å². The van der Waals surface area contributed by atoms with Gasteiger partial charge in [-0.2, -0.15) is 0 Å². The number of nitrogens with zero attached hydrogens (tertiary/aromatic N) is 1. The molecule has 1 aromatic rings. The van der Waals surface area contributed by atoms with Crippen molar-refractivity contribution >= 4 is 17.8 Å². The van der Waals surface area contributed by atoms with E-state index in [2.05, 4.69) is 5.32 Å². The topological polar surface area (TPSA) is 75.7 Å². The molecule has 1 aliphatic heterocycles. The van der Waals surface area contributed by atoms with Crippen LogP contribution in [-0.2, 0) is 14.3 Å². The van der Waals surface area contributed by atoms with Crippen LogP contribution in [0.15, 0.2) is 24.3 Å². The van der Waals surface area contributed by atoms with Gasteiger partial charge in [-0.1, -0.05) is 44.4 Å². The molecule has 0 saturated carbocycles. The van der Waals surface area contributed by atoms with Crippen molar-refractivity contribution in [2.45, 2.75) is 65.5 Å². The Balaban J connectivity index is 1.98. The van der Waals surface area contributed by atoms with Gasteiger partial charge in [-0.25, -0.2) is 4.79 Å². The first-order valence-electron chi connectivity index (χ1n) is 10.2. The molecule has 0 spiro atoms. The SMILES string of the molecule is Cc1ccc(C(=O)N[C@H](C(=O)OC(C)C(=O)N2CCCCCC2)C(C)C)cc1. The summed E-state index contributed by atoms with van der Waals surface area (Å²) in [6.07, 6.45) is 3.35. The fourth-order valence-corrected chi connectivity index (χ4v) is 3.27. The van der Waals surface area contributed by atoms with Crippen LogP contribution in [0.4, 0.5) is 0 Å². The number of benzene rings is 1. The van der Waals surface area contributed by atoms with Crippen LogP contribution in [0.25, 0.3) is 0 Å². The minimum atomic E-state index is -0.858. The number of amides is 2. The van der Waals surface area contributed by atoms with Crippen LogP contribution in [0.3, 0.4) is 0 Å². The molecule has 1 heterocycles. The van der Waals surface area contributed by atoms with Crippen molar-refractivity contribution in [2.75, 3.05) is 13.1 Å². The normalized spacial score (nSPS) is 16.8. The van der Waals surface area contributed by atoms with E-state index < -0.39 is 18.1 Å². The predicted octanol–water partition coefficient (Wildman–Crippen LogP) is 3.08. The number of likely N-dealkylation sites (tertiary alicyclic amines) is 1. The molecule has 0 bridgehead atoms. The average molecular weight is 389 g/mol. The van der Waals surface area contributed by atoms with Crippen LogP contribution in [-0.4, -0.2) is 47.9 Å². The Kier molecular flexibility index (Phi) is 8.03. The van der Waals surface area contributed by atoms with Crippen LogP contribution in [0, 0.1) is 12.8 Å². The molecule has 6 heteroatoms. The van der Waals surface area contributed by atoms with Crippen LogP contribution in [0.1, 0.15) is 62.4 Å². The Hall–Kier alpha value is -2.37. The van der Waals surface area contributed by atoms with E-state index in [-0.39, 0.29) is 17.7 Å². The third-order valence-electron chi connectivity index (χ3n) is 5.08. The summed E-state index contributed by atoms with van der Waals surface area (Å²) < 4.78 is 5.44. The molecule has 0 radical (unpaired) electrons. The Labute approximate surface area is 167 Å². The van der Waals surface area contributed by atoms with Crippen molar-refractivity contribution in [1.82, 2.24) is 10.2 Å². The van der Waals surface area contributed by atoms with E-state index in [4.69, 9.17) is 4.74 Å². The Morgan fingerprint density at radius 3 is 2.07 bits per heavy atom. The molecule has 1 saturated heterocycles. The second-order valence-corrected chi connectivity index (χ2v) is 7.88. The van der Waals surface area contributed by atoms with Gasteiger partial charge in [0.15, 0.2) is 6.10 Å². The van der Waals surface area contributed by atoms with Gasteiger partial charge in [0.1, 0.15) is 6.04 Å². The highest BCUT2D eigenvalue weighted by Gasteiger charge is 2.31. The van der Waals surface area contributed by atoms with Crippen LogP contribution < -0.4 is 5.32 Å². The van der Waals surface area contributed by atoms with E-state index in [1.165, 1.54) is 0 Å². The molecule has 28 heavy (non-hydrogen) atoms. The fourth-order valence-electron chi connectivity index (χ4n) is 3.27. The van der Waals surface area contributed by atoms with E-state index >= 15 is 0 Å². The number of nitrogens with one attached hydrogen (secondary N) is 1. The second-order valence-electron chi connectivity index (χ2n) is 7.88. The molecular formula is C22H32N2O4. The van der Waals surface area contributed by atoms with Crippen molar-refractivity contribution in [3.8, 4) is 0 Å². The number of hydrogen-bond acceptors (Lipinski definition) is 4. The molecule has 0 aromatic heterocycles. The molecule has 6 nitrogen and oxygen atoms in total. The van der Waals surface area contributed by atoms with Crippen molar-refractivity contribution in [3.05, 3.63) is 35.4 Å². The molecule has 1 aromatic carbocycles. The number of aryl methyl sites for hydroxylation is 1. The molecule has 1 N–H and O–H groups in total. The fraction of sp³-hybridized carbons (Fsp3) is 0.591. The van der Waals surface area contributed by atoms with Gasteiger partial charge in [0, 0.05) is 18.7 Å². The highest BCUT2D eigenvalue weighted by molar-refractivity contribution is 5.97. The lowest BCUT2D eigenvalue weighted by Gasteiger charge is -2.26. The monoisotopic (exact) mass is 388 g/mol. The third kappa shape index (κ3) is 6.08. The summed E-state index contributed by atoms with van der Waals surface area (Å²) in [5.74, 6) is -1.24. The first kappa shape index (κ1) is 21.9. The lowest BCUT2D eigenvalue weighted by Crippen LogP contribution is -2.48. The first-order valence-corrected chi connectivity index (χ1v) is 10.2. The summed E-state index contributed by atoms with van der Waals surface area (Å²) in [5.41, 5.74) is 1.54. The van der Waals surface area contributed by atoms with E-state index in [0.717, 1.165) is 31.2 Å². The smallest absolute Gasteiger partial charge is 0.329 e. The Morgan fingerprint density at radius 2 is 1.54 bits per heavy atom. The molecule has 2 amide bonds. The molecule has 1 fully saturated rings. The minimum absolute atomic E-state index is 0.164. The van der Waals surface area contributed by atoms with Gasteiger partial charge in [-0.15, -0.1) is 0 Å². The van der Waals surface area contributed by atoms with Crippen molar-refractivity contribution in [2.24, 2.45) is 5.92 Å². The molecular weight excluding hydrogens is 356 g/mol. The predicted molar refractivity (Wildman–Crippen MR) is 108 cm³/mol. The summed E-state index contributed by atoms with van der Waals surface area (Å²) in [6, 6.07) is 6.32. The highest BCUT2D eigenvalue weighted by Crippen LogP contribution is 2.13. The van der Waals surface area contributed by atoms with Gasteiger partial charge in [-0.3, -0.25) is 9.59 Å². The van der Waals surface area contributed by atoms with Gasteiger partial charge >= 0.3 is 5.97 Å². The maximum absolute atomic E-state index is 12.7. The summed E-state index contributed by atoms with van der Waals surface area (Å²) in [5, 5.41) is 2.75. The zero-order chi connectivity index (χ0) is 20.7. The summed E-state index contributed by atoms with van der Waals surface area (Å²) >= 11 is 0. The zero-order valence-corrected chi connectivity index (χ0v) is 17.4. The van der Waals surface area contributed by atoms with Gasteiger partial charge in [0.05, 0.1) is 0 Å². The summed E-state index contributed by atoms with van der Waals surface area (Å²) in [7, 11) is 0. The number of hydrogen-bond donors (Lipinski definition) is 1. The molecule has 0 aliphatic carbocycles. The van der Waals surface area contributed by atoms with Gasteiger partial charge < -0.3 is 15.0 Å². The highest BCUT2D eigenvalue weighted by atomic mass is 16.5. The van der Waals surface area contributed by atoms with Crippen molar-refractivity contribution < 1.29 is 19.1 Å². The van der Waals surface area contributed by atoms with Crippen LogP contribution >= 0.6 is 0 Å². The molecule has 2 rings (SSSR count). The van der Waals surface area contributed by atoms with Gasteiger partial charge in [-0.05, 0) is 44.7 Å². The third-order valence-corrected chi connectivity index (χ3v) is 5.08. The Bertz CT molecular complexity index is 676. The summed E-state index contributed by atoms with van der Waals surface area (Å²) in [4.78, 5) is 39.5. The average Bonchev–Trinajstić information content (AvgIpc) is 2.94. The first-order chi connectivity index (χ1) is 13.3. The summed E-state index contributed by atoms with van der Waals surface area (Å²) in [6.45, 7) is 8.63. The Morgan fingerprint density at radius 1 is 0.964 bits per heavy atom. The minimum Gasteiger partial charge on any atom is -0.451 e. The lowest BCUT2D eigenvalue weighted by atomic mass is 10.0. The molecule has 1 unspecified atom stereocenters. The second kappa shape index (κ2) is 10.2. The lowest BCUT2D eigenvalue weighted by molar-refractivity contribution is -0.161. The van der Waals surface area contributed by atoms with E-state index in [1.54, 1.807) is 24.0 Å². The largest absolute Gasteiger partial charge is 0.451 e. The number of esters is 1. The van der Waals surface area contributed by atoms with Gasteiger partial charge in [0.25, 0.3) is 11.8 Å². The zero-order valence-electron chi connectivity index (χ0n) is 17.4. The standard InChI is InChI=1S/C22H32N2O4/c1-15(2)19(23-20(25)18-11-9-16(3)10-12-18)22(27)28-17(4)21(26)24-13-7-5-6-8-14-24/h9-12,15,17,19H,5-8,13-14H2,1-4H3,(H,23,25)/t17?,19-/m0/s1. The number of carbonyl (C=O) groups is 3. The van der Waals surface area contributed by atoms with Crippen LogP contribution in [0.5, 0.6) is 0 Å².